The lowest BCUT2D eigenvalue weighted by Crippen LogP contribution is -2.38. The van der Waals surface area contributed by atoms with Crippen molar-refractivity contribution in [3.05, 3.63) is 34.3 Å². The average molecular weight is 385 g/mol. The topological polar surface area (TPSA) is 58.6 Å². The van der Waals surface area contributed by atoms with Gasteiger partial charge in [-0.05, 0) is 30.2 Å². The van der Waals surface area contributed by atoms with Gasteiger partial charge in [0.05, 0.1) is 6.61 Å². The maximum absolute atomic E-state index is 12.3. The summed E-state index contributed by atoms with van der Waals surface area (Å²) in [5, 5.41) is 2.78. The van der Waals surface area contributed by atoms with Crippen LogP contribution in [0.15, 0.2) is 28.7 Å². The maximum Gasteiger partial charge on any atom is 0.251 e. The second-order valence-electron chi connectivity index (χ2n) is 5.74. The smallest absolute Gasteiger partial charge is 0.251 e. The highest BCUT2D eigenvalue weighted by Crippen LogP contribution is 2.10. The summed E-state index contributed by atoms with van der Waals surface area (Å²) in [6.45, 7) is 6.26. The molecule has 1 N–H and O–H groups in total. The van der Waals surface area contributed by atoms with Crippen molar-refractivity contribution in [2.75, 3.05) is 33.4 Å². The second kappa shape index (κ2) is 10.4. The molecule has 0 unspecified atom stereocenters. The fourth-order valence-corrected chi connectivity index (χ4v) is 2.37. The highest BCUT2D eigenvalue weighted by atomic mass is 79.9. The van der Waals surface area contributed by atoms with E-state index in [9.17, 15) is 9.59 Å². The minimum atomic E-state index is -0.169. The molecular weight excluding hydrogens is 360 g/mol. The SMILES string of the molecule is COCCN(CC(C)C)C(=O)CCNC(=O)c1ccc(Br)cc1. The summed E-state index contributed by atoms with van der Waals surface area (Å²) in [4.78, 5) is 26.0. The first-order valence-corrected chi connectivity index (χ1v) is 8.53. The van der Waals surface area contributed by atoms with E-state index in [4.69, 9.17) is 4.74 Å². The van der Waals surface area contributed by atoms with E-state index in [-0.39, 0.29) is 11.8 Å². The van der Waals surface area contributed by atoms with Crippen LogP contribution in [0.25, 0.3) is 0 Å². The lowest BCUT2D eigenvalue weighted by Gasteiger charge is -2.24. The molecule has 5 nitrogen and oxygen atoms in total. The normalized spacial score (nSPS) is 10.7. The second-order valence-corrected chi connectivity index (χ2v) is 6.65. The van der Waals surface area contributed by atoms with Gasteiger partial charge in [-0.1, -0.05) is 29.8 Å². The average Bonchev–Trinajstić information content (AvgIpc) is 2.51. The van der Waals surface area contributed by atoms with Crippen molar-refractivity contribution in [2.45, 2.75) is 20.3 Å². The molecule has 0 aliphatic heterocycles. The highest BCUT2D eigenvalue weighted by molar-refractivity contribution is 9.10. The molecule has 0 heterocycles. The van der Waals surface area contributed by atoms with Crippen LogP contribution in [0.5, 0.6) is 0 Å². The fourth-order valence-electron chi connectivity index (χ4n) is 2.10. The molecule has 6 heteroatoms. The van der Waals surface area contributed by atoms with Crippen LogP contribution in [0.4, 0.5) is 0 Å². The lowest BCUT2D eigenvalue weighted by atomic mass is 10.2. The number of amides is 2. The summed E-state index contributed by atoms with van der Waals surface area (Å²) in [6, 6.07) is 7.11. The standard InChI is InChI=1S/C17H25BrN2O3/c1-13(2)12-20(10-11-23-3)16(21)8-9-19-17(22)14-4-6-15(18)7-5-14/h4-7,13H,8-12H2,1-3H3,(H,19,22). The van der Waals surface area contributed by atoms with Crippen molar-refractivity contribution in [3.63, 3.8) is 0 Å². The van der Waals surface area contributed by atoms with Crippen LogP contribution in [0, 0.1) is 5.92 Å². The maximum atomic E-state index is 12.3. The zero-order valence-electron chi connectivity index (χ0n) is 14.0. The summed E-state index contributed by atoms with van der Waals surface area (Å²) in [6.07, 6.45) is 0.290. The number of carbonyl (C=O) groups excluding carboxylic acids is 2. The predicted octanol–water partition coefficient (Wildman–Crippen LogP) is 2.70. The number of halogens is 1. The van der Waals surface area contributed by atoms with Gasteiger partial charge >= 0.3 is 0 Å². The van der Waals surface area contributed by atoms with Gasteiger partial charge in [0, 0.05) is 43.2 Å². The summed E-state index contributed by atoms with van der Waals surface area (Å²) in [5.41, 5.74) is 0.582. The minimum absolute atomic E-state index is 0.0341. The Kier molecular flexibility index (Phi) is 8.87. The van der Waals surface area contributed by atoms with Crippen molar-refractivity contribution in [3.8, 4) is 0 Å². The van der Waals surface area contributed by atoms with E-state index in [0.717, 1.165) is 4.47 Å². The van der Waals surface area contributed by atoms with Crippen LogP contribution in [-0.4, -0.2) is 50.1 Å². The third kappa shape index (κ3) is 7.61. The molecule has 23 heavy (non-hydrogen) atoms. The van der Waals surface area contributed by atoms with Gasteiger partial charge in [-0.3, -0.25) is 9.59 Å². The Morgan fingerprint density at radius 1 is 1.26 bits per heavy atom. The van der Waals surface area contributed by atoms with Gasteiger partial charge in [0.15, 0.2) is 0 Å². The summed E-state index contributed by atoms with van der Waals surface area (Å²) < 4.78 is 5.97. The van der Waals surface area contributed by atoms with Crippen LogP contribution in [-0.2, 0) is 9.53 Å². The van der Waals surface area contributed by atoms with E-state index in [0.29, 0.717) is 44.1 Å². The molecular formula is C17H25BrN2O3. The van der Waals surface area contributed by atoms with Gasteiger partial charge < -0.3 is 15.0 Å². The molecule has 0 aliphatic carbocycles. The van der Waals surface area contributed by atoms with Crippen molar-refractivity contribution in [2.24, 2.45) is 5.92 Å². The van der Waals surface area contributed by atoms with Crippen LogP contribution in [0.3, 0.4) is 0 Å². The van der Waals surface area contributed by atoms with E-state index >= 15 is 0 Å². The van der Waals surface area contributed by atoms with Crippen LogP contribution >= 0.6 is 15.9 Å². The predicted molar refractivity (Wildman–Crippen MR) is 94.4 cm³/mol. The van der Waals surface area contributed by atoms with E-state index in [1.165, 1.54) is 0 Å². The Morgan fingerprint density at radius 2 is 1.91 bits per heavy atom. The Labute approximate surface area is 146 Å². The number of nitrogens with zero attached hydrogens (tertiary/aromatic N) is 1. The summed E-state index contributed by atoms with van der Waals surface area (Å²) in [5.74, 6) is 0.262. The lowest BCUT2D eigenvalue weighted by molar-refractivity contribution is -0.132. The molecule has 1 aromatic carbocycles. The van der Waals surface area contributed by atoms with E-state index in [2.05, 4.69) is 35.1 Å². The number of methoxy groups -OCH3 is 1. The van der Waals surface area contributed by atoms with Crippen molar-refractivity contribution < 1.29 is 14.3 Å². The van der Waals surface area contributed by atoms with Gasteiger partial charge in [0.2, 0.25) is 5.91 Å². The zero-order chi connectivity index (χ0) is 17.2. The van der Waals surface area contributed by atoms with E-state index < -0.39 is 0 Å². The molecule has 2 amide bonds. The summed E-state index contributed by atoms with van der Waals surface area (Å²) in [7, 11) is 1.62. The molecule has 0 spiro atoms. The Morgan fingerprint density at radius 3 is 2.48 bits per heavy atom. The Balaban J connectivity index is 2.43. The minimum Gasteiger partial charge on any atom is -0.383 e. The van der Waals surface area contributed by atoms with Crippen molar-refractivity contribution in [1.82, 2.24) is 10.2 Å². The Bertz CT molecular complexity index is 503. The first-order valence-electron chi connectivity index (χ1n) is 7.74. The molecule has 0 bridgehead atoms. The number of hydrogen-bond donors (Lipinski definition) is 1. The molecule has 1 rings (SSSR count). The fraction of sp³-hybridized carbons (Fsp3) is 0.529. The molecule has 0 aromatic heterocycles. The van der Waals surface area contributed by atoms with Gasteiger partial charge in [-0.25, -0.2) is 0 Å². The molecule has 0 atom stereocenters. The Hall–Kier alpha value is -1.40. The third-order valence-corrected chi connectivity index (χ3v) is 3.76. The number of carbonyl (C=O) groups is 2. The molecule has 0 radical (unpaired) electrons. The van der Waals surface area contributed by atoms with E-state index in [1.54, 1.807) is 24.1 Å². The largest absolute Gasteiger partial charge is 0.383 e. The van der Waals surface area contributed by atoms with Crippen molar-refractivity contribution >= 4 is 27.7 Å². The molecule has 128 valence electrons. The van der Waals surface area contributed by atoms with Crippen molar-refractivity contribution in [1.29, 1.82) is 0 Å². The van der Waals surface area contributed by atoms with Crippen LogP contribution in [0.2, 0.25) is 0 Å². The molecule has 0 fully saturated rings. The quantitative estimate of drug-likeness (QED) is 0.711. The van der Waals surface area contributed by atoms with Gasteiger partial charge in [0.25, 0.3) is 5.91 Å². The first kappa shape index (κ1) is 19.6. The first-order chi connectivity index (χ1) is 10.9. The number of benzene rings is 1. The third-order valence-electron chi connectivity index (χ3n) is 3.23. The number of ether oxygens (including phenoxy) is 1. The zero-order valence-corrected chi connectivity index (χ0v) is 15.6. The monoisotopic (exact) mass is 384 g/mol. The molecule has 0 saturated heterocycles. The number of rotatable bonds is 9. The van der Waals surface area contributed by atoms with E-state index in [1.807, 2.05) is 12.1 Å². The van der Waals surface area contributed by atoms with Gasteiger partial charge in [0.1, 0.15) is 0 Å². The van der Waals surface area contributed by atoms with Crippen LogP contribution < -0.4 is 5.32 Å². The molecule has 1 aromatic rings. The number of hydrogen-bond acceptors (Lipinski definition) is 3. The number of nitrogens with one attached hydrogen (secondary N) is 1. The van der Waals surface area contributed by atoms with Gasteiger partial charge in [-0.15, -0.1) is 0 Å². The molecule has 0 aliphatic rings. The molecule has 0 saturated carbocycles. The van der Waals surface area contributed by atoms with Crippen LogP contribution in [0.1, 0.15) is 30.6 Å². The van der Waals surface area contributed by atoms with Gasteiger partial charge in [-0.2, -0.15) is 0 Å². The summed E-state index contributed by atoms with van der Waals surface area (Å²) >= 11 is 3.33. The highest BCUT2D eigenvalue weighted by Gasteiger charge is 2.15.